The lowest BCUT2D eigenvalue weighted by Gasteiger charge is -2.27. The van der Waals surface area contributed by atoms with Crippen LogP contribution in [-0.4, -0.2) is 17.3 Å². The van der Waals surface area contributed by atoms with E-state index in [4.69, 9.17) is 5.73 Å². The minimum absolute atomic E-state index is 0.473. The molecule has 0 bridgehead atoms. The molecule has 4 N–H and O–H groups in total. The molecule has 1 aromatic carbocycles. The van der Waals surface area contributed by atoms with E-state index < -0.39 is 5.60 Å². The Bertz CT molecular complexity index is 352. The predicted octanol–water partition coefficient (Wildman–Crippen LogP) is 2.79. The van der Waals surface area contributed by atoms with Crippen molar-refractivity contribution in [1.82, 2.24) is 0 Å². The van der Waals surface area contributed by atoms with Gasteiger partial charge in [-0.2, -0.15) is 0 Å². The van der Waals surface area contributed by atoms with Crippen molar-refractivity contribution in [3.05, 3.63) is 23.8 Å². The van der Waals surface area contributed by atoms with E-state index in [9.17, 15) is 5.11 Å². The van der Waals surface area contributed by atoms with E-state index in [1.165, 1.54) is 0 Å². The Morgan fingerprint density at radius 2 is 2.06 bits per heavy atom. The number of nitrogens with one attached hydrogen (secondary N) is 1. The Balaban J connectivity index is 2.67. The lowest BCUT2D eigenvalue weighted by atomic mass is 9.94. The second-order valence-corrected chi connectivity index (χ2v) is 5.49. The molecule has 96 valence electrons. The highest BCUT2D eigenvalue weighted by Crippen LogP contribution is 2.24. The molecule has 0 fully saturated rings. The zero-order valence-electron chi connectivity index (χ0n) is 11.2. The van der Waals surface area contributed by atoms with Gasteiger partial charge in [0.15, 0.2) is 0 Å². The molecule has 0 heterocycles. The van der Waals surface area contributed by atoms with Crippen LogP contribution < -0.4 is 11.1 Å². The van der Waals surface area contributed by atoms with Crippen molar-refractivity contribution in [3.8, 4) is 0 Å². The third-order valence-corrected chi connectivity index (χ3v) is 2.80. The average Bonchev–Trinajstić information content (AvgIpc) is 2.14. The molecular weight excluding hydrogens is 212 g/mol. The number of hydrogen-bond donors (Lipinski definition) is 3. The van der Waals surface area contributed by atoms with Crippen molar-refractivity contribution in [1.29, 1.82) is 0 Å². The van der Waals surface area contributed by atoms with Crippen LogP contribution >= 0.6 is 0 Å². The van der Waals surface area contributed by atoms with E-state index in [1.54, 1.807) is 0 Å². The van der Waals surface area contributed by atoms with Gasteiger partial charge in [-0.25, -0.2) is 0 Å². The van der Waals surface area contributed by atoms with Crippen LogP contribution in [0.3, 0.4) is 0 Å². The molecule has 0 aliphatic rings. The summed E-state index contributed by atoms with van der Waals surface area (Å²) in [5, 5.41) is 13.5. The Kier molecular flexibility index (Phi) is 4.40. The van der Waals surface area contributed by atoms with E-state index in [-0.39, 0.29) is 0 Å². The van der Waals surface area contributed by atoms with Crippen LogP contribution in [0.5, 0.6) is 0 Å². The quantitative estimate of drug-likeness (QED) is 0.689. The van der Waals surface area contributed by atoms with Crippen LogP contribution in [0, 0.1) is 12.8 Å². The van der Waals surface area contributed by atoms with E-state index in [0.29, 0.717) is 12.5 Å². The number of nitrogen functional groups attached to an aromatic ring is 1. The molecular formula is C14H24N2O. The summed E-state index contributed by atoms with van der Waals surface area (Å²) in [6, 6.07) is 5.81. The van der Waals surface area contributed by atoms with Gasteiger partial charge in [-0.05, 0) is 37.8 Å². The lowest BCUT2D eigenvalue weighted by Crippen LogP contribution is -2.35. The molecule has 0 spiro atoms. The number of nitrogens with two attached hydrogens (primary N) is 1. The number of aryl methyl sites for hydroxylation is 1. The first-order chi connectivity index (χ1) is 7.82. The number of anilines is 2. The van der Waals surface area contributed by atoms with Gasteiger partial charge in [0.05, 0.1) is 17.0 Å². The van der Waals surface area contributed by atoms with Crippen LogP contribution in [0.4, 0.5) is 11.4 Å². The first kappa shape index (κ1) is 13.8. The van der Waals surface area contributed by atoms with E-state index in [0.717, 1.165) is 23.4 Å². The topological polar surface area (TPSA) is 58.3 Å². The van der Waals surface area contributed by atoms with Crippen molar-refractivity contribution in [2.45, 2.75) is 39.7 Å². The molecule has 0 aliphatic carbocycles. The fraction of sp³-hybridized carbons (Fsp3) is 0.571. The molecule has 0 aromatic heterocycles. The van der Waals surface area contributed by atoms with Crippen molar-refractivity contribution in [3.63, 3.8) is 0 Å². The largest absolute Gasteiger partial charge is 0.397 e. The molecule has 0 saturated carbocycles. The number of para-hydroxylation sites is 1. The van der Waals surface area contributed by atoms with Crippen LogP contribution in [0.15, 0.2) is 18.2 Å². The standard InChI is InChI=1S/C14H24N2O/c1-10(2)8-14(4,17)9-16-13-11(3)6-5-7-12(13)15/h5-7,10,16-17H,8-9,15H2,1-4H3. The molecule has 1 aromatic rings. The molecule has 0 amide bonds. The minimum Gasteiger partial charge on any atom is -0.397 e. The van der Waals surface area contributed by atoms with Gasteiger partial charge in [0.2, 0.25) is 0 Å². The van der Waals surface area contributed by atoms with Gasteiger partial charge in [0, 0.05) is 6.54 Å². The maximum absolute atomic E-state index is 10.2. The van der Waals surface area contributed by atoms with Crippen LogP contribution in [-0.2, 0) is 0 Å². The normalized spacial score (nSPS) is 14.7. The molecule has 17 heavy (non-hydrogen) atoms. The molecule has 1 unspecified atom stereocenters. The smallest absolute Gasteiger partial charge is 0.0793 e. The van der Waals surface area contributed by atoms with Gasteiger partial charge in [-0.1, -0.05) is 26.0 Å². The first-order valence-corrected chi connectivity index (χ1v) is 6.13. The summed E-state index contributed by atoms with van der Waals surface area (Å²) >= 11 is 0. The highest BCUT2D eigenvalue weighted by molar-refractivity contribution is 5.69. The average molecular weight is 236 g/mol. The Morgan fingerprint density at radius 1 is 1.41 bits per heavy atom. The molecule has 3 heteroatoms. The highest BCUT2D eigenvalue weighted by Gasteiger charge is 2.21. The number of benzene rings is 1. The van der Waals surface area contributed by atoms with Crippen molar-refractivity contribution < 1.29 is 5.11 Å². The van der Waals surface area contributed by atoms with E-state index >= 15 is 0 Å². The van der Waals surface area contributed by atoms with Crippen molar-refractivity contribution in [2.75, 3.05) is 17.6 Å². The molecule has 0 aliphatic heterocycles. The van der Waals surface area contributed by atoms with Gasteiger partial charge < -0.3 is 16.2 Å². The number of hydrogen-bond acceptors (Lipinski definition) is 3. The monoisotopic (exact) mass is 236 g/mol. The molecule has 1 rings (SSSR count). The Hall–Kier alpha value is -1.22. The number of rotatable bonds is 5. The van der Waals surface area contributed by atoms with Crippen LogP contribution in [0.2, 0.25) is 0 Å². The maximum Gasteiger partial charge on any atom is 0.0793 e. The van der Waals surface area contributed by atoms with E-state index in [2.05, 4.69) is 19.2 Å². The maximum atomic E-state index is 10.2. The molecule has 1 atom stereocenters. The second-order valence-electron chi connectivity index (χ2n) is 5.49. The molecule has 0 saturated heterocycles. The van der Waals surface area contributed by atoms with Crippen molar-refractivity contribution in [2.24, 2.45) is 5.92 Å². The summed E-state index contributed by atoms with van der Waals surface area (Å²) in [4.78, 5) is 0. The fourth-order valence-electron chi connectivity index (χ4n) is 2.16. The van der Waals surface area contributed by atoms with Gasteiger partial charge in [-0.3, -0.25) is 0 Å². The first-order valence-electron chi connectivity index (χ1n) is 6.13. The SMILES string of the molecule is Cc1cccc(N)c1NCC(C)(O)CC(C)C. The summed E-state index contributed by atoms with van der Waals surface area (Å²) in [7, 11) is 0. The van der Waals surface area contributed by atoms with Gasteiger partial charge in [0.25, 0.3) is 0 Å². The van der Waals surface area contributed by atoms with Crippen LogP contribution in [0.25, 0.3) is 0 Å². The van der Waals surface area contributed by atoms with Crippen LogP contribution in [0.1, 0.15) is 32.8 Å². The second kappa shape index (κ2) is 5.41. The number of aliphatic hydroxyl groups is 1. The van der Waals surface area contributed by atoms with Gasteiger partial charge in [-0.15, -0.1) is 0 Å². The summed E-state index contributed by atoms with van der Waals surface area (Å²) in [6.45, 7) is 8.59. The minimum atomic E-state index is -0.705. The van der Waals surface area contributed by atoms with E-state index in [1.807, 2.05) is 32.0 Å². The van der Waals surface area contributed by atoms with Gasteiger partial charge >= 0.3 is 0 Å². The summed E-state index contributed by atoms with van der Waals surface area (Å²) in [5.41, 5.74) is 7.96. The van der Waals surface area contributed by atoms with Crippen molar-refractivity contribution >= 4 is 11.4 Å². The summed E-state index contributed by atoms with van der Waals surface area (Å²) in [6.07, 6.45) is 0.770. The lowest BCUT2D eigenvalue weighted by molar-refractivity contribution is 0.0515. The third-order valence-electron chi connectivity index (χ3n) is 2.80. The fourth-order valence-corrected chi connectivity index (χ4v) is 2.16. The molecule has 3 nitrogen and oxygen atoms in total. The molecule has 0 radical (unpaired) electrons. The zero-order valence-corrected chi connectivity index (χ0v) is 11.2. The highest BCUT2D eigenvalue weighted by atomic mass is 16.3. The summed E-state index contributed by atoms with van der Waals surface area (Å²) in [5.74, 6) is 0.473. The van der Waals surface area contributed by atoms with Gasteiger partial charge in [0.1, 0.15) is 0 Å². The third kappa shape index (κ3) is 4.27. The predicted molar refractivity (Wildman–Crippen MR) is 74.2 cm³/mol. The Labute approximate surface area is 104 Å². The zero-order chi connectivity index (χ0) is 13.1. The summed E-state index contributed by atoms with van der Waals surface area (Å²) < 4.78 is 0. The Morgan fingerprint density at radius 3 is 2.59 bits per heavy atom.